The fourth-order valence-corrected chi connectivity index (χ4v) is 1.27. The van der Waals surface area contributed by atoms with Gasteiger partial charge in [0.05, 0.1) is 7.11 Å². The van der Waals surface area contributed by atoms with Crippen molar-refractivity contribution in [1.82, 2.24) is 9.97 Å². The van der Waals surface area contributed by atoms with Gasteiger partial charge in [-0.15, -0.1) is 0 Å². The van der Waals surface area contributed by atoms with Gasteiger partial charge in [-0.1, -0.05) is 0 Å². The summed E-state index contributed by atoms with van der Waals surface area (Å²) in [6, 6.07) is 5.19. The molecule has 0 bridgehead atoms. The molecule has 2 aromatic rings. The summed E-state index contributed by atoms with van der Waals surface area (Å²) in [6.07, 6.45) is 2.66. The fraction of sp³-hybridized carbons (Fsp3) is 0.0833. The highest BCUT2D eigenvalue weighted by Gasteiger charge is 2.11. The van der Waals surface area contributed by atoms with Crippen LogP contribution in [0.15, 0.2) is 36.8 Å². The molecule has 0 fully saturated rings. The molecule has 0 aliphatic carbocycles. The van der Waals surface area contributed by atoms with Crippen molar-refractivity contribution in [3.63, 3.8) is 0 Å². The van der Waals surface area contributed by atoms with E-state index in [1.54, 1.807) is 0 Å². The lowest BCUT2D eigenvalue weighted by atomic mass is 10.3. The van der Waals surface area contributed by atoms with Crippen LogP contribution in [0.1, 0.15) is 10.5 Å². The van der Waals surface area contributed by atoms with Crippen LogP contribution in [-0.4, -0.2) is 23.0 Å². The zero-order chi connectivity index (χ0) is 13.0. The molecule has 18 heavy (non-hydrogen) atoms. The third kappa shape index (κ3) is 2.60. The smallest absolute Gasteiger partial charge is 0.362 e. The number of carbonyl (C=O) groups is 1. The zero-order valence-corrected chi connectivity index (χ0v) is 9.46. The standard InChI is InChI=1S/C12H9FN2O3/c1-17-11-6-8(2-3-9(11)13)18-12(16)10-4-5-14-7-15-10/h2-7H,1H3. The molecule has 2 rings (SSSR count). The number of hydrogen-bond acceptors (Lipinski definition) is 5. The summed E-state index contributed by atoms with van der Waals surface area (Å²) < 4.78 is 22.9. The van der Waals surface area contributed by atoms with Crippen molar-refractivity contribution < 1.29 is 18.7 Å². The van der Waals surface area contributed by atoms with E-state index in [9.17, 15) is 9.18 Å². The second kappa shape index (κ2) is 5.22. The summed E-state index contributed by atoms with van der Waals surface area (Å²) in [5.74, 6) is -0.995. The Morgan fingerprint density at radius 1 is 1.33 bits per heavy atom. The average Bonchev–Trinajstić information content (AvgIpc) is 2.42. The van der Waals surface area contributed by atoms with Crippen molar-refractivity contribution in [2.24, 2.45) is 0 Å². The van der Waals surface area contributed by atoms with Crippen LogP contribution in [0.4, 0.5) is 4.39 Å². The number of benzene rings is 1. The summed E-state index contributed by atoms with van der Waals surface area (Å²) in [5, 5.41) is 0. The van der Waals surface area contributed by atoms with Crippen LogP contribution >= 0.6 is 0 Å². The minimum atomic E-state index is -0.647. The van der Waals surface area contributed by atoms with Crippen molar-refractivity contribution in [3.8, 4) is 11.5 Å². The Hall–Kier alpha value is -2.50. The number of ether oxygens (including phenoxy) is 2. The highest BCUT2D eigenvalue weighted by molar-refractivity contribution is 5.88. The van der Waals surface area contributed by atoms with E-state index in [4.69, 9.17) is 9.47 Å². The lowest BCUT2D eigenvalue weighted by molar-refractivity contribution is 0.0728. The molecule has 0 spiro atoms. The minimum absolute atomic E-state index is 0.00277. The Labute approximate surface area is 102 Å². The lowest BCUT2D eigenvalue weighted by Gasteiger charge is -2.06. The van der Waals surface area contributed by atoms with Gasteiger partial charge in [-0.3, -0.25) is 0 Å². The number of hydrogen-bond donors (Lipinski definition) is 0. The predicted molar refractivity (Wildman–Crippen MR) is 59.9 cm³/mol. The van der Waals surface area contributed by atoms with Crippen LogP contribution < -0.4 is 9.47 Å². The first-order valence-corrected chi connectivity index (χ1v) is 5.02. The molecule has 0 unspecified atom stereocenters. The van der Waals surface area contributed by atoms with E-state index in [0.29, 0.717) is 0 Å². The van der Waals surface area contributed by atoms with Gasteiger partial charge in [0, 0.05) is 12.3 Å². The van der Waals surface area contributed by atoms with Crippen LogP contribution in [0, 0.1) is 5.82 Å². The molecule has 0 atom stereocenters. The van der Waals surface area contributed by atoms with Crippen LogP contribution in [0.5, 0.6) is 11.5 Å². The molecular formula is C12H9FN2O3. The van der Waals surface area contributed by atoms with Crippen LogP contribution in [0.2, 0.25) is 0 Å². The molecule has 0 radical (unpaired) electrons. The van der Waals surface area contributed by atoms with Crippen molar-refractivity contribution >= 4 is 5.97 Å². The quantitative estimate of drug-likeness (QED) is 0.612. The van der Waals surface area contributed by atoms with Gasteiger partial charge in [-0.25, -0.2) is 19.2 Å². The largest absolute Gasteiger partial charge is 0.494 e. The average molecular weight is 248 g/mol. The van der Waals surface area contributed by atoms with E-state index in [2.05, 4.69) is 9.97 Å². The van der Waals surface area contributed by atoms with Gasteiger partial charge in [-0.05, 0) is 18.2 Å². The zero-order valence-electron chi connectivity index (χ0n) is 9.46. The maximum absolute atomic E-state index is 13.1. The third-order valence-corrected chi connectivity index (χ3v) is 2.12. The molecule has 1 aromatic carbocycles. The van der Waals surface area contributed by atoms with E-state index in [0.717, 1.165) is 6.07 Å². The SMILES string of the molecule is COc1cc(OC(=O)c2ccncn2)ccc1F. The summed E-state index contributed by atoms with van der Waals surface area (Å²) in [4.78, 5) is 19.1. The topological polar surface area (TPSA) is 61.3 Å². The van der Waals surface area contributed by atoms with Crippen LogP contribution in [0.3, 0.4) is 0 Å². The van der Waals surface area contributed by atoms with Gasteiger partial charge in [0.1, 0.15) is 12.1 Å². The van der Waals surface area contributed by atoms with Gasteiger partial charge in [-0.2, -0.15) is 0 Å². The predicted octanol–water partition coefficient (Wildman–Crippen LogP) is 1.84. The molecule has 6 heteroatoms. The minimum Gasteiger partial charge on any atom is -0.494 e. The van der Waals surface area contributed by atoms with E-state index in [-0.39, 0.29) is 17.2 Å². The maximum atomic E-state index is 13.1. The number of halogens is 1. The molecule has 1 heterocycles. The summed E-state index contributed by atoms with van der Waals surface area (Å²) in [5.41, 5.74) is 0.119. The molecule has 0 saturated heterocycles. The normalized spacial score (nSPS) is 9.89. The first-order valence-electron chi connectivity index (χ1n) is 5.02. The first-order chi connectivity index (χ1) is 8.70. The molecule has 0 saturated carbocycles. The van der Waals surface area contributed by atoms with Gasteiger partial charge in [0.15, 0.2) is 17.3 Å². The monoisotopic (exact) mass is 248 g/mol. The second-order valence-corrected chi connectivity index (χ2v) is 3.28. The third-order valence-electron chi connectivity index (χ3n) is 2.12. The number of methoxy groups -OCH3 is 1. The summed E-state index contributed by atoms with van der Waals surface area (Å²) in [6.45, 7) is 0. The summed E-state index contributed by atoms with van der Waals surface area (Å²) in [7, 11) is 1.33. The number of nitrogens with zero attached hydrogens (tertiary/aromatic N) is 2. The number of rotatable bonds is 3. The Kier molecular flexibility index (Phi) is 3.47. The summed E-state index contributed by atoms with van der Waals surface area (Å²) >= 11 is 0. The van der Waals surface area contributed by atoms with Crippen LogP contribution in [-0.2, 0) is 0 Å². The van der Waals surface area contributed by atoms with Crippen molar-refractivity contribution in [2.45, 2.75) is 0 Å². The fourth-order valence-electron chi connectivity index (χ4n) is 1.27. The molecule has 0 aliphatic heterocycles. The van der Waals surface area contributed by atoms with Crippen molar-refractivity contribution in [1.29, 1.82) is 0 Å². The highest BCUT2D eigenvalue weighted by atomic mass is 19.1. The molecule has 0 amide bonds. The first kappa shape index (κ1) is 12.0. The van der Waals surface area contributed by atoms with Gasteiger partial charge in [0.25, 0.3) is 0 Å². The van der Waals surface area contributed by atoms with E-state index < -0.39 is 11.8 Å². The molecule has 0 aliphatic rings. The van der Waals surface area contributed by atoms with Gasteiger partial charge in [0.2, 0.25) is 0 Å². The van der Waals surface area contributed by atoms with Crippen LogP contribution in [0.25, 0.3) is 0 Å². The van der Waals surface area contributed by atoms with E-state index >= 15 is 0 Å². The molecule has 92 valence electrons. The lowest BCUT2D eigenvalue weighted by Crippen LogP contribution is -2.10. The van der Waals surface area contributed by atoms with Gasteiger partial charge < -0.3 is 9.47 Å². The van der Waals surface area contributed by atoms with E-state index in [1.165, 1.54) is 37.8 Å². The molecule has 0 N–H and O–H groups in total. The second-order valence-electron chi connectivity index (χ2n) is 3.28. The van der Waals surface area contributed by atoms with Gasteiger partial charge >= 0.3 is 5.97 Å². The molecule has 5 nitrogen and oxygen atoms in total. The maximum Gasteiger partial charge on any atom is 0.362 e. The number of carbonyl (C=O) groups excluding carboxylic acids is 1. The Morgan fingerprint density at radius 2 is 2.17 bits per heavy atom. The van der Waals surface area contributed by atoms with E-state index in [1.807, 2.05) is 0 Å². The van der Waals surface area contributed by atoms with Crippen molar-refractivity contribution in [3.05, 3.63) is 48.3 Å². The Bertz CT molecular complexity index is 561. The number of aromatic nitrogens is 2. The number of esters is 1. The highest BCUT2D eigenvalue weighted by Crippen LogP contribution is 2.23. The van der Waals surface area contributed by atoms with Crippen molar-refractivity contribution in [2.75, 3.05) is 7.11 Å². The Morgan fingerprint density at radius 3 is 2.83 bits per heavy atom. The Balaban J connectivity index is 2.17. The molecular weight excluding hydrogens is 239 g/mol. The molecule has 1 aromatic heterocycles.